The van der Waals surface area contributed by atoms with Crippen LogP contribution < -0.4 is 17.0 Å². The first-order chi connectivity index (χ1) is 9.93. The molecule has 0 saturated carbocycles. The molecule has 21 heavy (non-hydrogen) atoms. The van der Waals surface area contributed by atoms with Gasteiger partial charge in [0.05, 0.1) is 11.5 Å². The number of nitro groups is 1. The monoisotopic (exact) mass is 290 g/mol. The van der Waals surface area contributed by atoms with E-state index in [1.54, 1.807) is 13.0 Å². The van der Waals surface area contributed by atoms with Gasteiger partial charge in [-0.3, -0.25) is 19.5 Å². The fraction of sp³-hybridized carbons (Fsp3) is 0.231. The summed E-state index contributed by atoms with van der Waals surface area (Å²) in [6, 6.07) is 5.50. The molecule has 8 nitrogen and oxygen atoms in total. The molecule has 0 unspecified atom stereocenters. The van der Waals surface area contributed by atoms with Crippen LogP contribution in [0.5, 0.6) is 0 Å². The lowest BCUT2D eigenvalue weighted by Gasteiger charge is -2.08. The first kappa shape index (κ1) is 14.5. The van der Waals surface area contributed by atoms with E-state index >= 15 is 0 Å². The minimum Gasteiger partial charge on any atom is -0.393 e. The minimum absolute atomic E-state index is 0.0372. The second-order valence-corrected chi connectivity index (χ2v) is 4.46. The van der Waals surface area contributed by atoms with Crippen molar-refractivity contribution in [3.63, 3.8) is 0 Å². The lowest BCUT2D eigenvalue weighted by atomic mass is 10.1. The van der Waals surface area contributed by atoms with Crippen molar-refractivity contribution in [1.29, 1.82) is 0 Å². The third-order valence-corrected chi connectivity index (χ3v) is 3.11. The van der Waals surface area contributed by atoms with Crippen LogP contribution in [-0.4, -0.2) is 14.1 Å². The molecule has 0 spiro atoms. The third kappa shape index (κ3) is 2.83. The van der Waals surface area contributed by atoms with Gasteiger partial charge in [-0.2, -0.15) is 0 Å². The summed E-state index contributed by atoms with van der Waals surface area (Å²) in [6.07, 6.45) is 1.42. The van der Waals surface area contributed by atoms with Gasteiger partial charge in [-0.05, 0) is 18.6 Å². The normalized spacial score (nSPS) is 10.5. The Kier molecular flexibility index (Phi) is 3.88. The lowest BCUT2D eigenvalue weighted by Crippen LogP contribution is -2.38. The summed E-state index contributed by atoms with van der Waals surface area (Å²) in [5.41, 5.74) is 4.86. The maximum absolute atomic E-state index is 12.1. The zero-order valence-electron chi connectivity index (χ0n) is 11.4. The average molecular weight is 290 g/mol. The molecular weight excluding hydrogens is 276 g/mol. The molecule has 0 bridgehead atoms. The standard InChI is InChI=1S/C13H14N4O4/c1-2-15-6-5-12(18)16(13(15)19)8-9-3-4-10(14)11(7-9)17(20)21/h3-7H,2,8,14H2,1H3. The highest BCUT2D eigenvalue weighted by atomic mass is 16.6. The van der Waals surface area contributed by atoms with Crippen LogP contribution in [0.2, 0.25) is 0 Å². The van der Waals surface area contributed by atoms with E-state index in [0.29, 0.717) is 12.1 Å². The predicted molar refractivity (Wildman–Crippen MR) is 77.2 cm³/mol. The molecule has 110 valence electrons. The maximum Gasteiger partial charge on any atom is 0.331 e. The van der Waals surface area contributed by atoms with E-state index in [1.807, 2.05) is 0 Å². The van der Waals surface area contributed by atoms with Crippen LogP contribution in [0.25, 0.3) is 0 Å². The molecule has 1 aromatic carbocycles. The smallest absolute Gasteiger partial charge is 0.331 e. The summed E-state index contributed by atoms with van der Waals surface area (Å²) < 4.78 is 2.41. The van der Waals surface area contributed by atoms with Gasteiger partial charge in [0.25, 0.3) is 11.2 Å². The summed E-state index contributed by atoms with van der Waals surface area (Å²) in [4.78, 5) is 34.1. The van der Waals surface area contributed by atoms with Crippen LogP contribution in [0.1, 0.15) is 12.5 Å². The lowest BCUT2D eigenvalue weighted by molar-refractivity contribution is -0.384. The Morgan fingerprint density at radius 2 is 2.00 bits per heavy atom. The van der Waals surface area contributed by atoms with Gasteiger partial charge in [0, 0.05) is 24.9 Å². The summed E-state index contributed by atoms with van der Waals surface area (Å²) in [7, 11) is 0. The molecule has 0 atom stereocenters. The number of rotatable bonds is 4. The minimum atomic E-state index is -0.600. The van der Waals surface area contributed by atoms with Crippen LogP contribution in [0, 0.1) is 10.1 Å². The van der Waals surface area contributed by atoms with Gasteiger partial charge >= 0.3 is 5.69 Å². The van der Waals surface area contributed by atoms with E-state index in [0.717, 1.165) is 4.57 Å². The molecule has 2 aromatic rings. The number of nitrogens with zero attached hydrogens (tertiary/aromatic N) is 3. The molecule has 2 N–H and O–H groups in total. The Morgan fingerprint density at radius 1 is 1.29 bits per heavy atom. The Morgan fingerprint density at radius 3 is 2.62 bits per heavy atom. The van der Waals surface area contributed by atoms with E-state index in [-0.39, 0.29) is 17.9 Å². The van der Waals surface area contributed by atoms with Gasteiger partial charge in [0.1, 0.15) is 5.69 Å². The molecule has 0 saturated heterocycles. The summed E-state index contributed by atoms with van der Waals surface area (Å²) in [5.74, 6) is 0. The van der Waals surface area contributed by atoms with E-state index in [4.69, 9.17) is 5.73 Å². The van der Waals surface area contributed by atoms with Gasteiger partial charge in [0.2, 0.25) is 0 Å². The van der Waals surface area contributed by atoms with Crippen LogP contribution in [0.3, 0.4) is 0 Å². The highest BCUT2D eigenvalue weighted by Gasteiger charge is 2.13. The number of hydrogen-bond acceptors (Lipinski definition) is 5. The van der Waals surface area contributed by atoms with Crippen LogP contribution in [-0.2, 0) is 13.1 Å². The van der Waals surface area contributed by atoms with Crippen LogP contribution in [0.4, 0.5) is 11.4 Å². The van der Waals surface area contributed by atoms with Gasteiger partial charge in [0.15, 0.2) is 0 Å². The van der Waals surface area contributed by atoms with Gasteiger partial charge < -0.3 is 10.3 Å². The Labute approximate surface area is 119 Å². The fourth-order valence-corrected chi connectivity index (χ4v) is 1.97. The molecule has 1 aromatic heterocycles. The molecule has 0 amide bonds. The molecule has 0 aliphatic carbocycles. The maximum atomic E-state index is 12.1. The molecule has 0 fully saturated rings. The van der Waals surface area contributed by atoms with E-state index < -0.39 is 16.2 Å². The van der Waals surface area contributed by atoms with Crippen LogP contribution in [0.15, 0.2) is 40.1 Å². The SMILES string of the molecule is CCn1ccc(=O)n(Cc2ccc(N)c([N+](=O)[O-])c2)c1=O. The van der Waals surface area contributed by atoms with Crippen molar-refractivity contribution >= 4 is 11.4 Å². The second kappa shape index (κ2) is 5.61. The van der Waals surface area contributed by atoms with E-state index in [1.165, 1.54) is 29.0 Å². The second-order valence-electron chi connectivity index (χ2n) is 4.46. The predicted octanol–water partition coefficient (Wildman–Crippen LogP) is 0.569. The first-order valence-electron chi connectivity index (χ1n) is 6.27. The van der Waals surface area contributed by atoms with Crippen molar-refractivity contribution in [1.82, 2.24) is 9.13 Å². The van der Waals surface area contributed by atoms with Crippen molar-refractivity contribution < 1.29 is 4.92 Å². The number of nitrogen functional groups attached to an aromatic ring is 1. The average Bonchev–Trinajstić information content (AvgIpc) is 2.45. The number of aromatic nitrogens is 2. The van der Waals surface area contributed by atoms with Crippen LogP contribution >= 0.6 is 0 Å². The van der Waals surface area contributed by atoms with Crippen molar-refractivity contribution in [2.24, 2.45) is 0 Å². The number of hydrogen-bond donors (Lipinski definition) is 1. The fourth-order valence-electron chi connectivity index (χ4n) is 1.97. The summed E-state index contributed by atoms with van der Waals surface area (Å²) >= 11 is 0. The molecule has 0 aliphatic rings. The summed E-state index contributed by atoms with van der Waals surface area (Å²) in [5, 5.41) is 10.9. The molecular formula is C13H14N4O4. The number of benzene rings is 1. The molecule has 1 heterocycles. The zero-order chi connectivity index (χ0) is 15.6. The summed E-state index contributed by atoms with van der Waals surface area (Å²) in [6.45, 7) is 2.17. The van der Waals surface area contributed by atoms with Gasteiger partial charge in [-0.25, -0.2) is 4.79 Å². The third-order valence-electron chi connectivity index (χ3n) is 3.11. The Hall–Kier alpha value is -2.90. The molecule has 0 radical (unpaired) electrons. The van der Waals surface area contributed by atoms with E-state index in [9.17, 15) is 19.7 Å². The number of nitro benzene ring substituents is 1. The number of aryl methyl sites for hydroxylation is 1. The van der Waals surface area contributed by atoms with Gasteiger partial charge in [-0.1, -0.05) is 6.07 Å². The number of anilines is 1. The van der Waals surface area contributed by atoms with Crippen molar-refractivity contribution in [2.75, 3.05) is 5.73 Å². The molecule has 0 aliphatic heterocycles. The highest BCUT2D eigenvalue weighted by molar-refractivity contribution is 5.59. The zero-order valence-corrected chi connectivity index (χ0v) is 11.4. The largest absolute Gasteiger partial charge is 0.393 e. The molecule has 8 heteroatoms. The quantitative estimate of drug-likeness (QED) is 0.502. The first-order valence-corrected chi connectivity index (χ1v) is 6.27. The number of nitrogens with two attached hydrogens (primary N) is 1. The highest BCUT2D eigenvalue weighted by Crippen LogP contribution is 2.22. The topological polar surface area (TPSA) is 113 Å². The Balaban J connectivity index is 2.48. The van der Waals surface area contributed by atoms with E-state index in [2.05, 4.69) is 0 Å². The van der Waals surface area contributed by atoms with Crippen molar-refractivity contribution in [3.05, 3.63) is 67.0 Å². The van der Waals surface area contributed by atoms with Gasteiger partial charge in [-0.15, -0.1) is 0 Å². The molecule has 2 rings (SSSR count). The van der Waals surface area contributed by atoms with Crippen molar-refractivity contribution in [3.8, 4) is 0 Å². The van der Waals surface area contributed by atoms with Crippen molar-refractivity contribution in [2.45, 2.75) is 20.0 Å². The Bertz CT molecular complexity index is 807.